The highest BCUT2D eigenvalue weighted by Crippen LogP contribution is 2.02. The van der Waals surface area contributed by atoms with E-state index in [9.17, 15) is 0 Å². The van der Waals surface area contributed by atoms with Crippen molar-refractivity contribution in [1.29, 1.82) is 0 Å². The summed E-state index contributed by atoms with van der Waals surface area (Å²) in [4.78, 5) is 2.27. The zero-order chi connectivity index (χ0) is 9.56. The standard InChI is InChI=1S/C8H21NO2Si/c1-6-9(7-2)8(3)11-12(5)10-4/h8,12H,6-7H2,1-5H3. The van der Waals surface area contributed by atoms with Gasteiger partial charge in [0, 0.05) is 7.11 Å². The molecule has 2 unspecified atom stereocenters. The van der Waals surface area contributed by atoms with Gasteiger partial charge < -0.3 is 8.85 Å². The number of nitrogens with zero attached hydrogens (tertiary/aromatic N) is 1. The molecule has 0 fully saturated rings. The first-order valence-electron chi connectivity index (χ1n) is 4.57. The Balaban J connectivity index is 3.75. The molecule has 0 spiro atoms. The average molecular weight is 191 g/mol. The van der Waals surface area contributed by atoms with Crippen molar-refractivity contribution in [2.75, 3.05) is 20.2 Å². The van der Waals surface area contributed by atoms with E-state index >= 15 is 0 Å². The monoisotopic (exact) mass is 191 g/mol. The summed E-state index contributed by atoms with van der Waals surface area (Å²) in [5.41, 5.74) is 0. The van der Waals surface area contributed by atoms with Crippen molar-refractivity contribution >= 4 is 9.28 Å². The Morgan fingerprint density at radius 3 is 2.17 bits per heavy atom. The minimum Gasteiger partial charge on any atom is -0.400 e. The van der Waals surface area contributed by atoms with E-state index in [0.717, 1.165) is 13.1 Å². The minimum absolute atomic E-state index is 0.196. The van der Waals surface area contributed by atoms with E-state index in [1.807, 2.05) is 6.55 Å². The lowest BCUT2D eigenvalue weighted by atomic mass is 10.5. The molecule has 0 aromatic heterocycles. The maximum atomic E-state index is 5.69. The zero-order valence-electron chi connectivity index (χ0n) is 8.83. The molecule has 0 amide bonds. The first-order chi connectivity index (χ1) is 5.65. The predicted octanol–water partition coefficient (Wildman–Crippen LogP) is 1.19. The molecule has 74 valence electrons. The zero-order valence-corrected chi connectivity index (χ0v) is 9.99. The molecule has 0 aromatic carbocycles. The third-order valence-electron chi connectivity index (χ3n) is 2.05. The molecular weight excluding hydrogens is 170 g/mol. The summed E-state index contributed by atoms with van der Waals surface area (Å²) >= 11 is 0. The van der Waals surface area contributed by atoms with E-state index in [2.05, 4.69) is 25.7 Å². The van der Waals surface area contributed by atoms with Gasteiger partial charge in [-0.15, -0.1) is 0 Å². The first-order valence-corrected chi connectivity index (χ1v) is 6.67. The fourth-order valence-electron chi connectivity index (χ4n) is 1.16. The molecule has 4 heteroatoms. The highest BCUT2D eigenvalue weighted by Gasteiger charge is 2.14. The molecule has 0 aliphatic heterocycles. The Morgan fingerprint density at radius 1 is 1.33 bits per heavy atom. The van der Waals surface area contributed by atoms with Crippen molar-refractivity contribution in [3.63, 3.8) is 0 Å². The van der Waals surface area contributed by atoms with E-state index < -0.39 is 9.28 Å². The van der Waals surface area contributed by atoms with Gasteiger partial charge in [0.15, 0.2) is 0 Å². The van der Waals surface area contributed by atoms with Gasteiger partial charge in [0.25, 0.3) is 0 Å². The number of hydrogen-bond acceptors (Lipinski definition) is 3. The van der Waals surface area contributed by atoms with E-state index in [4.69, 9.17) is 8.85 Å². The van der Waals surface area contributed by atoms with E-state index in [-0.39, 0.29) is 6.23 Å². The van der Waals surface area contributed by atoms with E-state index in [1.54, 1.807) is 7.11 Å². The second-order valence-corrected chi connectivity index (χ2v) is 4.64. The Morgan fingerprint density at radius 2 is 1.83 bits per heavy atom. The first kappa shape index (κ1) is 12.1. The van der Waals surface area contributed by atoms with Gasteiger partial charge in [-0.2, -0.15) is 0 Å². The summed E-state index contributed by atoms with van der Waals surface area (Å²) in [6.07, 6.45) is 0.196. The average Bonchev–Trinajstić information content (AvgIpc) is 2.06. The lowest BCUT2D eigenvalue weighted by Gasteiger charge is -2.28. The molecule has 2 atom stereocenters. The maximum absolute atomic E-state index is 5.69. The van der Waals surface area contributed by atoms with Crippen LogP contribution in [0.5, 0.6) is 0 Å². The second kappa shape index (κ2) is 6.60. The third kappa shape index (κ3) is 4.20. The van der Waals surface area contributed by atoms with Crippen LogP contribution in [0.3, 0.4) is 0 Å². The van der Waals surface area contributed by atoms with Crippen LogP contribution in [-0.4, -0.2) is 40.6 Å². The Labute approximate surface area is 77.5 Å². The molecule has 0 bridgehead atoms. The van der Waals surface area contributed by atoms with Gasteiger partial charge in [0.1, 0.15) is 0 Å². The molecule has 0 saturated carbocycles. The Hall–Kier alpha value is 0.0969. The van der Waals surface area contributed by atoms with Crippen LogP contribution in [0.4, 0.5) is 0 Å². The van der Waals surface area contributed by atoms with Crippen molar-refractivity contribution < 1.29 is 8.85 Å². The molecule has 12 heavy (non-hydrogen) atoms. The van der Waals surface area contributed by atoms with Gasteiger partial charge in [0.05, 0.1) is 6.23 Å². The molecule has 0 aliphatic carbocycles. The molecule has 0 radical (unpaired) electrons. The highest BCUT2D eigenvalue weighted by atomic mass is 28.3. The Bertz CT molecular complexity index is 109. The molecule has 0 aromatic rings. The van der Waals surface area contributed by atoms with Gasteiger partial charge in [-0.05, 0) is 26.6 Å². The molecule has 0 N–H and O–H groups in total. The summed E-state index contributed by atoms with van der Waals surface area (Å²) in [6.45, 7) is 10.5. The van der Waals surface area contributed by atoms with Gasteiger partial charge in [-0.1, -0.05) is 13.8 Å². The summed E-state index contributed by atoms with van der Waals surface area (Å²) < 4.78 is 10.8. The molecular formula is C8H21NO2Si. The molecule has 0 heterocycles. The van der Waals surface area contributed by atoms with Crippen molar-refractivity contribution in [2.45, 2.75) is 33.5 Å². The summed E-state index contributed by atoms with van der Waals surface area (Å²) in [6, 6.07) is 0. The topological polar surface area (TPSA) is 21.7 Å². The van der Waals surface area contributed by atoms with Crippen molar-refractivity contribution in [2.24, 2.45) is 0 Å². The van der Waals surface area contributed by atoms with Crippen molar-refractivity contribution in [3.8, 4) is 0 Å². The van der Waals surface area contributed by atoms with Crippen LogP contribution in [0.2, 0.25) is 6.55 Å². The van der Waals surface area contributed by atoms with Crippen LogP contribution in [0.15, 0.2) is 0 Å². The summed E-state index contributed by atoms with van der Waals surface area (Å²) in [5.74, 6) is 0. The van der Waals surface area contributed by atoms with Crippen LogP contribution in [0, 0.1) is 0 Å². The lowest BCUT2D eigenvalue weighted by Crippen LogP contribution is -2.38. The van der Waals surface area contributed by atoms with E-state index in [0.29, 0.717) is 0 Å². The highest BCUT2D eigenvalue weighted by molar-refractivity contribution is 6.42. The predicted molar refractivity (Wildman–Crippen MR) is 53.5 cm³/mol. The molecule has 0 rings (SSSR count). The van der Waals surface area contributed by atoms with Gasteiger partial charge in [-0.3, -0.25) is 4.90 Å². The van der Waals surface area contributed by atoms with E-state index in [1.165, 1.54) is 0 Å². The minimum atomic E-state index is -1.36. The molecule has 0 aliphatic rings. The van der Waals surface area contributed by atoms with Crippen LogP contribution >= 0.6 is 0 Å². The number of rotatable bonds is 6. The summed E-state index contributed by atoms with van der Waals surface area (Å²) in [7, 11) is 0.349. The lowest BCUT2D eigenvalue weighted by molar-refractivity contribution is 0.0285. The Kier molecular flexibility index (Phi) is 6.65. The quantitative estimate of drug-likeness (QED) is 0.465. The second-order valence-electron chi connectivity index (χ2n) is 2.76. The van der Waals surface area contributed by atoms with Crippen LogP contribution in [-0.2, 0) is 8.85 Å². The van der Waals surface area contributed by atoms with Crippen LogP contribution < -0.4 is 0 Å². The van der Waals surface area contributed by atoms with Gasteiger partial charge in [0.2, 0.25) is 0 Å². The molecule has 3 nitrogen and oxygen atoms in total. The van der Waals surface area contributed by atoms with Gasteiger partial charge in [-0.25, -0.2) is 0 Å². The van der Waals surface area contributed by atoms with Crippen molar-refractivity contribution in [1.82, 2.24) is 4.90 Å². The van der Waals surface area contributed by atoms with Crippen LogP contribution in [0.25, 0.3) is 0 Å². The SMILES string of the molecule is CCN(CC)C(C)O[SiH](C)OC. The fourth-order valence-corrected chi connectivity index (χ4v) is 1.99. The maximum Gasteiger partial charge on any atom is 0.319 e. The molecule has 0 saturated heterocycles. The van der Waals surface area contributed by atoms with Gasteiger partial charge >= 0.3 is 9.28 Å². The normalized spacial score (nSPS) is 16.5. The van der Waals surface area contributed by atoms with Crippen molar-refractivity contribution in [3.05, 3.63) is 0 Å². The smallest absolute Gasteiger partial charge is 0.319 e. The fraction of sp³-hybridized carbons (Fsp3) is 1.00. The third-order valence-corrected chi connectivity index (χ3v) is 3.49. The van der Waals surface area contributed by atoms with Crippen LogP contribution in [0.1, 0.15) is 20.8 Å². The largest absolute Gasteiger partial charge is 0.400 e. The number of hydrogen-bond donors (Lipinski definition) is 0. The summed E-state index contributed by atoms with van der Waals surface area (Å²) in [5, 5.41) is 0.